The molecule has 0 bridgehead atoms. The van der Waals surface area contributed by atoms with Gasteiger partial charge in [-0.25, -0.2) is 9.18 Å². The van der Waals surface area contributed by atoms with Gasteiger partial charge < -0.3 is 15.4 Å². The third-order valence-electron chi connectivity index (χ3n) is 10.7. The van der Waals surface area contributed by atoms with Crippen LogP contribution in [0.25, 0.3) is 6.08 Å². The number of carbonyl (C=O) groups is 2. The Morgan fingerprint density at radius 2 is 1.85 bits per heavy atom. The molecule has 0 aromatic heterocycles. The lowest BCUT2D eigenvalue weighted by atomic mass is 9.67. The Bertz CT molecular complexity index is 1540. The van der Waals surface area contributed by atoms with Crippen LogP contribution in [-0.2, 0) is 27.7 Å². The molecule has 6 rings (SSSR count). The Labute approximate surface area is 267 Å². The molecular weight excluding hydrogens is 598 g/mol. The number of alkyl carbamates (subject to hydrolysis) is 1. The number of alkyl halides is 3. The van der Waals surface area contributed by atoms with Gasteiger partial charge in [0.2, 0.25) is 5.91 Å². The second-order valence-corrected chi connectivity index (χ2v) is 14.8. The fourth-order valence-corrected chi connectivity index (χ4v) is 8.33. The molecule has 2 aromatic rings. The van der Waals surface area contributed by atoms with Crippen molar-refractivity contribution in [2.75, 3.05) is 13.1 Å². The van der Waals surface area contributed by atoms with Crippen LogP contribution in [-0.4, -0.2) is 47.7 Å². The first-order valence-corrected chi connectivity index (χ1v) is 16.3. The topological polar surface area (TPSA) is 70.7 Å². The lowest BCUT2D eigenvalue weighted by molar-refractivity contribution is -0.137. The minimum atomic E-state index is -4.70. The third kappa shape index (κ3) is 6.29. The fraction of sp³-hybridized carbons (Fsp3) is 0.556. The summed E-state index contributed by atoms with van der Waals surface area (Å²) in [6, 6.07) is 10.8. The quantitative estimate of drug-likeness (QED) is 0.327. The summed E-state index contributed by atoms with van der Waals surface area (Å²) in [5, 5.41) is 5.79. The van der Waals surface area contributed by atoms with Crippen LogP contribution in [0.2, 0.25) is 0 Å². The molecule has 1 heterocycles. The van der Waals surface area contributed by atoms with Crippen molar-refractivity contribution in [1.29, 1.82) is 0 Å². The first kappa shape index (κ1) is 32.5. The van der Waals surface area contributed by atoms with Crippen LogP contribution in [0.1, 0.15) is 82.1 Å². The zero-order chi connectivity index (χ0) is 33.1. The van der Waals surface area contributed by atoms with E-state index in [1.165, 1.54) is 11.1 Å². The van der Waals surface area contributed by atoms with Crippen molar-refractivity contribution in [1.82, 2.24) is 15.5 Å². The number of piperidine rings is 1. The number of allylic oxidation sites excluding steroid dienone is 1. The van der Waals surface area contributed by atoms with Gasteiger partial charge in [-0.1, -0.05) is 43.3 Å². The van der Waals surface area contributed by atoms with Gasteiger partial charge in [-0.2, -0.15) is 13.2 Å². The van der Waals surface area contributed by atoms with Gasteiger partial charge in [0, 0.05) is 30.6 Å². The molecule has 4 aliphatic rings. The summed E-state index contributed by atoms with van der Waals surface area (Å²) in [5.41, 5.74) is 0.124. The predicted octanol–water partition coefficient (Wildman–Crippen LogP) is 7.22. The Morgan fingerprint density at radius 1 is 1.09 bits per heavy atom. The second-order valence-electron chi connectivity index (χ2n) is 14.8. The molecule has 6 nitrogen and oxygen atoms in total. The standard InChI is InChI=1S/C36H43F4N3O3/c1-22-21-43(14-13-34(22)11-9-24-7-5-6-8-28(24)34)27-10-12-35(19-27,29-18-30(29)42-32(45)46-33(2,3)4)31(44)41-20-23-15-25(36(38,39)40)17-26(37)16-23/h5-9,11,15-17,22,27,29-30H,10,12-14,18-21H2,1-4H3,(H,41,44)(H,42,45)/t22-,27?,29?,30?,34-,35?/m0/s1. The van der Waals surface area contributed by atoms with Crippen LogP contribution in [0.5, 0.6) is 0 Å². The van der Waals surface area contributed by atoms with E-state index in [4.69, 9.17) is 4.74 Å². The van der Waals surface area contributed by atoms with E-state index < -0.39 is 34.7 Å². The Hall–Kier alpha value is -3.40. The number of ether oxygens (including phenoxy) is 1. The zero-order valence-electron chi connectivity index (χ0n) is 26.8. The molecule has 4 unspecified atom stereocenters. The monoisotopic (exact) mass is 641 g/mol. The van der Waals surface area contributed by atoms with Crippen molar-refractivity contribution in [2.45, 2.75) is 95.6 Å². The third-order valence-corrected chi connectivity index (χ3v) is 10.7. The maximum atomic E-state index is 14.1. The molecule has 1 spiro atoms. The smallest absolute Gasteiger partial charge is 0.416 e. The molecular formula is C36H43F4N3O3. The van der Waals surface area contributed by atoms with Gasteiger partial charge in [0.1, 0.15) is 11.4 Å². The lowest BCUT2D eigenvalue weighted by Crippen LogP contribution is -2.51. The van der Waals surface area contributed by atoms with Crippen molar-refractivity contribution in [3.05, 3.63) is 76.6 Å². The van der Waals surface area contributed by atoms with E-state index in [9.17, 15) is 27.2 Å². The summed E-state index contributed by atoms with van der Waals surface area (Å²) in [4.78, 5) is 29.2. The maximum absolute atomic E-state index is 14.1. The van der Waals surface area contributed by atoms with Crippen LogP contribution in [0.15, 0.2) is 48.5 Å². The van der Waals surface area contributed by atoms with Gasteiger partial charge in [-0.05, 0) is 106 Å². The van der Waals surface area contributed by atoms with Crippen LogP contribution in [0, 0.1) is 23.1 Å². The molecule has 6 atom stereocenters. The molecule has 2 saturated carbocycles. The number of rotatable bonds is 6. The molecule has 10 heteroatoms. The number of benzene rings is 2. The highest BCUT2D eigenvalue weighted by atomic mass is 19.4. The number of nitrogens with zero attached hydrogens (tertiary/aromatic N) is 1. The van der Waals surface area contributed by atoms with E-state index in [1.807, 2.05) is 0 Å². The molecule has 3 fully saturated rings. The zero-order valence-corrected chi connectivity index (χ0v) is 26.8. The van der Waals surface area contributed by atoms with Crippen LogP contribution >= 0.6 is 0 Å². The first-order chi connectivity index (χ1) is 21.6. The summed E-state index contributed by atoms with van der Waals surface area (Å²) >= 11 is 0. The number of amides is 2. The van der Waals surface area contributed by atoms with Gasteiger partial charge in [0.05, 0.1) is 11.0 Å². The number of likely N-dealkylation sites (tertiary alicyclic amines) is 1. The van der Waals surface area contributed by atoms with Crippen molar-refractivity contribution >= 4 is 18.1 Å². The molecule has 0 radical (unpaired) electrons. The summed E-state index contributed by atoms with van der Waals surface area (Å²) in [5.74, 6) is -1.04. The Morgan fingerprint density at radius 3 is 2.57 bits per heavy atom. The molecule has 2 N–H and O–H groups in total. The molecule has 248 valence electrons. The summed E-state index contributed by atoms with van der Waals surface area (Å²) in [6.45, 7) is 9.20. The maximum Gasteiger partial charge on any atom is 0.416 e. The minimum Gasteiger partial charge on any atom is -0.444 e. The van der Waals surface area contributed by atoms with Crippen LogP contribution in [0.4, 0.5) is 22.4 Å². The summed E-state index contributed by atoms with van der Waals surface area (Å²) < 4.78 is 59.5. The SMILES string of the molecule is C[C@H]1CN(C2CCC(C(=O)NCc3cc(F)cc(C(F)(F)F)c3)(C3CC3NC(=O)OC(C)(C)C)C2)CC[C@@]12C=Cc1ccccc12. The van der Waals surface area contributed by atoms with Crippen molar-refractivity contribution in [2.24, 2.45) is 17.3 Å². The molecule has 2 aromatic carbocycles. The van der Waals surface area contributed by atoms with Crippen molar-refractivity contribution in [3.63, 3.8) is 0 Å². The number of fused-ring (bicyclic) bond motifs is 2. The average molecular weight is 642 g/mol. The Kier molecular flexibility index (Phi) is 8.27. The molecule has 46 heavy (non-hydrogen) atoms. The number of carbonyl (C=O) groups excluding carboxylic acids is 2. The van der Waals surface area contributed by atoms with Crippen molar-refractivity contribution in [3.8, 4) is 0 Å². The number of nitrogens with one attached hydrogen (secondary N) is 2. The number of hydrogen-bond acceptors (Lipinski definition) is 4. The molecule has 1 saturated heterocycles. The van der Waals surface area contributed by atoms with Crippen molar-refractivity contribution < 1.29 is 31.9 Å². The molecule has 2 amide bonds. The summed E-state index contributed by atoms with van der Waals surface area (Å²) in [6.07, 6.45) is 2.92. The lowest BCUT2D eigenvalue weighted by Gasteiger charge is -2.46. The molecule has 3 aliphatic carbocycles. The second kappa shape index (κ2) is 11.7. The predicted molar refractivity (Wildman–Crippen MR) is 167 cm³/mol. The van der Waals surface area contributed by atoms with Crippen LogP contribution < -0.4 is 10.6 Å². The van der Waals surface area contributed by atoms with E-state index in [0.717, 1.165) is 38.1 Å². The highest BCUT2D eigenvalue weighted by molar-refractivity contribution is 5.84. The van der Waals surface area contributed by atoms with Crippen LogP contribution in [0.3, 0.4) is 0 Å². The largest absolute Gasteiger partial charge is 0.444 e. The van der Waals surface area contributed by atoms with E-state index in [-0.39, 0.29) is 41.4 Å². The minimum absolute atomic E-state index is 0.000684. The molecule has 1 aliphatic heterocycles. The fourth-order valence-electron chi connectivity index (χ4n) is 8.33. The first-order valence-electron chi connectivity index (χ1n) is 16.3. The van der Waals surface area contributed by atoms with Gasteiger partial charge >= 0.3 is 12.3 Å². The highest BCUT2D eigenvalue weighted by Crippen LogP contribution is 2.57. The number of halogens is 4. The van der Waals surface area contributed by atoms with E-state index in [0.29, 0.717) is 31.2 Å². The van der Waals surface area contributed by atoms with Gasteiger partial charge in [0.25, 0.3) is 0 Å². The van der Waals surface area contributed by atoms with E-state index in [1.54, 1.807) is 20.8 Å². The normalized spacial score (nSPS) is 30.7. The van der Waals surface area contributed by atoms with E-state index >= 15 is 0 Å². The van der Waals surface area contributed by atoms with Gasteiger partial charge in [-0.15, -0.1) is 0 Å². The average Bonchev–Trinajstić information content (AvgIpc) is 3.42. The summed E-state index contributed by atoms with van der Waals surface area (Å²) in [7, 11) is 0. The van der Waals surface area contributed by atoms with Gasteiger partial charge in [0.15, 0.2) is 0 Å². The number of hydrogen-bond donors (Lipinski definition) is 2. The van der Waals surface area contributed by atoms with Gasteiger partial charge in [-0.3, -0.25) is 9.69 Å². The van der Waals surface area contributed by atoms with E-state index in [2.05, 4.69) is 58.9 Å². The Balaban J connectivity index is 1.18. The highest BCUT2D eigenvalue weighted by Gasteiger charge is 2.61.